The van der Waals surface area contributed by atoms with Gasteiger partial charge in [-0.05, 0) is 57.4 Å². The third-order valence-electron chi connectivity index (χ3n) is 11.6. The Kier molecular flexibility index (Phi) is 12.9. The number of esters is 1. The molecule has 50 heavy (non-hydrogen) atoms. The molecule has 1 aromatic rings. The first kappa shape index (κ1) is 37.7. The van der Waals surface area contributed by atoms with E-state index in [1.165, 1.54) is 0 Å². The second-order valence-electron chi connectivity index (χ2n) is 14.6. The molecule has 0 aromatic heterocycles. The van der Waals surface area contributed by atoms with Crippen molar-refractivity contribution in [2.75, 3.05) is 26.7 Å². The van der Waals surface area contributed by atoms with E-state index in [9.17, 15) is 24.3 Å². The fourth-order valence-corrected chi connectivity index (χ4v) is 8.92. The summed E-state index contributed by atoms with van der Waals surface area (Å²) in [6.45, 7) is 10.4. The second kappa shape index (κ2) is 17.1. The number of fused-ring (bicyclic) bond motifs is 1. The number of hydrogen-bond donors (Lipinski definition) is 1. The highest BCUT2D eigenvalue weighted by molar-refractivity contribution is 5.98. The van der Waals surface area contributed by atoms with E-state index < -0.39 is 47.7 Å². The highest BCUT2D eigenvalue weighted by atomic mass is 16.6. The van der Waals surface area contributed by atoms with Crippen molar-refractivity contribution in [3.63, 3.8) is 0 Å². The minimum absolute atomic E-state index is 0.0740. The van der Waals surface area contributed by atoms with Crippen molar-refractivity contribution >= 4 is 23.7 Å². The number of aliphatic hydroxyl groups excluding tert-OH is 1. The Bertz CT molecular complexity index is 1360. The summed E-state index contributed by atoms with van der Waals surface area (Å²) in [5, 5.41) is 9.29. The van der Waals surface area contributed by atoms with Crippen LogP contribution in [0, 0.1) is 11.8 Å². The minimum atomic E-state index is -1.12. The van der Waals surface area contributed by atoms with Gasteiger partial charge >= 0.3 is 5.97 Å². The zero-order chi connectivity index (χ0) is 35.8. The number of aliphatic hydroxyl groups is 1. The van der Waals surface area contributed by atoms with Gasteiger partial charge in [-0.25, -0.2) is 0 Å². The molecule has 0 radical (unpaired) electrons. The topological polar surface area (TPSA) is 117 Å². The molecule has 4 fully saturated rings. The maximum absolute atomic E-state index is 14.8. The fraction of sp³-hybridized carbons (Fsp3) is 0.650. The molecular weight excluding hydrogens is 634 g/mol. The van der Waals surface area contributed by atoms with Gasteiger partial charge in [-0.3, -0.25) is 19.2 Å². The SMILES string of the molecule is C=CCCC(=O)N(C)[C@@H](C)[C@@H](OC(=O)[C@@H]1[C@H]2C(=O)N(CCCCCCO)[C@H](C(=O)N(CC=C)C3CCCCC3)[C@]23CC[C@H]1O3)c1ccccc1. The van der Waals surface area contributed by atoms with E-state index in [0.717, 1.165) is 50.5 Å². The molecule has 3 saturated heterocycles. The molecule has 3 heterocycles. The predicted molar refractivity (Wildman–Crippen MR) is 191 cm³/mol. The van der Waals surface area contributed by atoms with Crippen LogP contribution in [0.1, 0.15) is 102 Å². The quantitative estimate of drug-likeness (QED) is 0.125. The van der Waals surface area contributed by atoms with Gasteiger partial charge in [-0.1, -0.05) is 74.6 Å². The maximum atomic E-state index is 14.8. The first-order chi connectivity index (χ1) is 24.2. The molecule has 1 aliphatic carbocycles. The summed E-state index contributed by atoms with van der Waals surface area (Å²) in [6.07, 6.45) is 12.2. The summed E-state index contributed by atoms with van der Waals surface area (Å²) < 4.78 is 13.1. The zero-order valence-corrected chi connectivity index (χ0v) is 30.0. The van der Waals surface area contributed by atoms with Gasteiger partial charge in [0.25, 0.3) is 0 Å². The van der Waals surface area contributed by atoms with Crippen LogP contribution in [-0.4, -0.2) is 100 Å². The molecule has 3 aliphatic heterocycles. The van der Waals surface area contributed by atoms with E-state index in [4.69, 9.17) is 9.47 Å². The van der Waals surface area contributed by atoms with E-state index in [-0.39, 0.29) is 30.4 Å². The Morgan fingerprint density at radius 1 is 1.06 bits per heavy atom. The molecule has 0 unspecified atom stereocenters. The van der Waals surface area contributed by atoms with Crippen LogP contribution in [0.4, 0.5) is 0 Å². The number of carbonyl (C=O) groups is 4. The molecule has 10 nitrogen and oxygen atoms in total. The largest absolute Gasteiger partial charge is 0.455 e. The lowest BCUT2D eigenvalue weighted by atomic mass is 9.70. The lowest BCUT2D eigenvalue weighted by Crippen LogP contribution is -2.58. The van der Waals surface area contributed by atoms with Gasteiger partial charge in [-0.2, -0.15) is 0 Å². The number of ether oxygens (including phenoxy) is 2. The average Bonchev–Trinajstić information content (AvgIpc) is 3.78. The summed E-state index contributed by atoms with van der Waals surface area (Å²) in [5.74, 6) is -2.66. The Hall–Kier alpha value is -3.50. The third kappa shape index (κ3) is 7.57. The molecule has 3 amide bonds. The third-order valence-corrected chi connectivity index (χ3v) is 11.6. The van der Waals surface area contributed by atoms with Crippen molar-refractivity contribution in [1.29, 1.82) is 0 Å². The molecule has 10 heteroatoms. The summed E-state index contributed by atoms with van der Waals surface area (Å²) in [4.78, 5) is 62.1. The lowest BCUT2D eigenvalue weighted by Gasteiger charge is -2.40. The molecule has 1 N–H and O–H groups in total. The number of likely N-dealkylation sites (N-methyl/N-ethyl adjacent to an activating group) is 1. The first-order valence-corrected chi connectivity index (χ1v) is 18.8. The van der Waals surface area contributed by atoms with Crippen LogP contribution < -0.4 is 0 Å². The van der Waals surface area contributed by atoms with Crippen LogP contribution in [0.3, 0.4) is 0 Å². The van der Waals surface area contributed by atoms with Crippen molar-refractivity contribution in [1.82, 2.24) is 14.7 Å². The summed E-state index contributed by atoms with van der Waals surface area (Å²) >= 11 is 0. The molecule has 1 aromatic carbocycles. The number of likely N-dealkylation sites (tertiary alicyclic amines) is 1. The highest BCUT2D eigenvalue weighted by Gasteiger charge is 2.75. The smallest absolute Gasteiger partial charge is 0.313 e. The van der Waals surface area contributed by atoms with Crippen molar-refractivity contribution < 1.29 is 33.8 Å². The van der Waals surface area contributed by atoms with Gasteiger partial charge in [-0.15, -0.1) is 13.2 Å². The van der Waals surface area contributed by atoms with Crippen LogP contribution in [0.25, 0.3) is 0 Å². The van der Waals surface area contributed by atoms with E-state index in [2.05, 4.69) is 13.2 Å². The number of benzene rings is 1. The number of unbranched alkanes of at least 4 members (excludes halogenated alkanes) is 3. The second-order valence-corrected chi connectivity index (χ2v) is 14.6. The Morgan fingerprint density at radius 2 is 1.78 bits per heavy atom. The fourth-order valence-electron chi connectivity index (χ4n) is 8.92. The van der Waals surface area contributed by atoms with Gasteiger partial charge in [0.1, 0.15) is 17.7 Å². The maximum Gasteiger partial charge on any atom is 0.313 e. The monoisotopic (exact) mass is 691 g/mol. The standard InChI is InChI=1S/C40H57N3O7/c1-5-7-22-32(45)41(4)28(3)35(29-18-12-10-13-19-29)49-39(48)33-31-23-24-40(50-31)34(33)37(46)43(26-16-8-9-17-27-44)36(40)38(47)42(25-6-2)30-20-14-11-15-21-30/h5-6,10,12-13,18-19,28,30-31,33-36,44H,1-2,7-9,11,14-17,20-27H2,3-4H3/t28-,31+,33-,34-,35+,36+,40-/m0/s1. The molecule has 1 spiro atoms. The van der Waals surface area contributed by atoms with Crippen LogP contribution in [0.2, 0.25) is 0 Å². The van der Waals surface area contributed by atoms with E-state index in [1.54, 1.807) is 29.0 Å². The molecule has 2 bridgehead atoms. The minimum Gasteiger partial charge on any atom is -0.455 e. The molecule has 4 aliphatic rings. The van der Waals surface area contributed by atoms with E-state index in [0.29, 0.717) is 51.6 Å². The van der Waals surface area contributed by atoms with Gasteiger partial charge in [0.15, 0.2) is 0 Å². The van der Waals surface area contributed by atoms with Gasteiger partial charge in [0.2, 0.25) is 17.7 Å². The normalized spacial score (nSPS) is 27.0. The number of carbonyl (C=O) groups excluding carboxylic acids is 4. The number of nitrogens with zero attached hydrogens (tertiary/aromatic N) is 3. The number of amides is 3. The van der Waals surface area contributed by atoms with Gasteiger partial charge in [0.05, 0.1) is 24.0 Å². The molecule has 5 rings (SSSR count). The molecule has 7 atom stereocenters. The summed E-state index contributed by atoms with van der Waals surface area (Å²) in [6, 6.07) is 8.13. The lowest BCUT2D eigenvalue weighted by molar-refractivity contribution is -0.164. The van der Waals surface area contributed by atoms with Crippen LogP contribution in [0.15, 0.2) is 55.6 Å². The molecular formula is C40H57N3O7. The number of rotatable bonds is 18. The summed E-state index contributed by atoms with van der Waals surface area (Å²) in [7, 11) is 1.71. The Balaban J connectivity index is 1.45. The van der Waals surface area contributed by atoms with E-state index >= 15 is 0 Å². The van der Waals surface area contributed by atoms with Gasteiger partial charge < -0.3 is 29.3 Å². The van der Waals surface area contributed by atoms with Crippen molar-refractivity contribution in [2.24, 2.45) is 11.8 Å². The zero-order valence-electron chi connectivity index (χ0n) is 30.0. The van der Waals surface area contributed by atoms with Crippen molar-refractivity contribution in [3.05, 3.63) is 61.2 Å². The number of hydrogen-bond acceptors (Lipinski definition) is 7. The molecule has 1 saturated carbocycles. The van der Waals surface area contributed by atoms with Gasteiger partial charge in [0, 0.05) is 39.2 Å². The van der Waals surface area contributed by atoms with Crippen molar-refractivity contribution in [2.45, 2.75) is 126 Å². The highest BCUT2D eigenvalue weighted by Crippen LogP contribution is 2.59. The van der Waals surface area contributed by atoms with Crippen LogP contribution in [-0.2, 0) is 28.7 Å². The van der Waals surface area contributed by atoms with Crippen molar-refractivity contribution in [3.8, 4) is 0 Å². The van der Waals surface area contributed by atoms with Crippen LogP contribution >= 0.6 is 0 Å². The van der Waals surface area contributed by atoms with Crippen LogP contribution in [0.5, 0.6) is 0 Å². The summed E-state index contributed by atoms with van der Waals surface area (Å²) in [5.41, 5.74) is -0.370. The Morgan fingerprint density at radius 3 is 2.46 bits per heavy atom. The predicted octanol–water partition coefficient (Wildman–Crippen LogP) is 5.36. The number of allylic oxidation sites excluding steroid dienone is 1. The van der Waals surface area contributed by atoms with E-state index in [1.807, 2.05) is 42.2 Å². The average molecular weight is 692 g/mol. The Labute approximate surface area is 297 Å². The first-order valence-electron chi connectivity index (χ1n) is 18.8. The molecule has 274 valence electrons.